The van der Waals surface area contributed by atoms with Crippen molar-refractivity contribution in [3.8, 4) is 21.9 Å². The maximum atomic E-state index is 13.5. The van der Waals surface area contributed by atoms with Gasteiger partial charge in [-0.25, -0.2) is 4.98 Å². The Morgan fingerprint density at radius 2 is 1.56 bits per heavy atom. The van der Waals surface area contributed by atoms with Crippen LogP contribution in [0.4, 0.5) is 17.2 Å². The highest BCUT2D eigenvalue weighted by atomic mass is 35.5. The van der Waals surface area contributed by atoms with Crippen LogP contribution in [0, 0.1) is 20.8 Å². The van der Waals surface area contributed by atoms with Gasteiger partial charge in [0.2, 0.25) is 11.8 Å². The third kappa shape index (κ3) is 11.1. The number of carbonyl (C=O) groups excluding carboxylic acids is 2. The van der Waals surface area contributed by atoms with Crippen LogP contribution in [0.5, 0.6) is 5.75 Å². The van der Waals surface area contributed by atoms with Crippen molar-refractivity contribution in [2.75, 3.05) is 68.7 Å². The minimum absolute atomic E-state index is 0. The van der Waals surface area contributed by atoms with Gasteiger partial charge in [-0.1, -0.05) is 35.9 Å². The number of amides is 2. The molecule has 0 fully saturated rings. The summed E-state index contributed by atoms with van der Waals surface area (Å²) in [6.07, 6.45) is 2.26. The number of fused-ring (bicyclic) bond motifs is 4. The molecule has 0 spiro atoms. The van der Waals surface area contributed by atoms with Crippen molar-refractivity contribution in [3.05, 3.63) is 129 Å². The molecule has 14 nitrogen and oxygen atoms in total. The Hall–Kier alpha value is -5.62. The lowest BCUT2D eigenvalue weighted by Crippen LogP contribution is -2.17. The molecular formula is C46H49ClN8O6S2. The standard InChI is InChI=1S/C46H47ClN8O6S.H2S/c1-28-29(2)62-46-43(28)44(31-6-8-35(47)9-7-31)52-39(45-54-53-30(3)55(45)46)27-42(57)50-36-10-12-37(13-11-36)61-23-22-60-21-20-59-19-18-58-17-16-49-40-25-33(14-15-48-40)32-4-5-34-26-41(56)51-38(34)24-32;/h4-15,24-25,39H,16-23,26-27H2,1-3H3,(H,48,49)(H,50,57)(H,51,56);1H2/t39-;/m0./s1. The Balaban J connectivity index is 0.00000595. The molecule has 17 heteroatoms. The molecular weight excluding hydrogens is 860 g/mol. The molecule has 0 saturated carbocycles. The SMILES string of the molecule is Cc1sc2c(c1C)C(c1ccc(Cl)cc1)=N[C@@H](CC(=O)Nc1ccc(OCCOCCOCCOCCNc3cc(-c4ccc5c(c4)NC(=O)C5)ccn3)cc1)c1nnc(C)n1-2.S. The van der Waals surface area contributed by atoms with Crippen LogP contribution in [0.25, 0.3) is 16.1 Å². The van der Waals surface area contributed by atoms with Gasteiger partial charge in [0, 0.05) is 45.1 Å². The zero-order valence-electron chi connectivity index (χ0n) is 35.2. The number of hydrogen-bond donors (Lipinski definition) is 3. The van der Waals surface area contributed by atoms with Crippen LogP contribution in [0.15, 0.2) is 90.1 Å². The Bertz CT molecular complexity index is 2580. The Labute approximate surface area is 381 Å². The molecule has 3 N–H and O–H groups in total. The fourth-order valence-corrected chi connectivity index (χ4v) is 8.61. The van der Waals surface area contributed by atoms with E-state index in [1.807, 2.05) is 78.2 Å². The second kappa shape index (κ2) is 21.2. The molecule has 0 unspecified atom stereocenters. The number of pyridine rings is 1. The van der Waals surface area contributed by atoms with Crippen molar-refractivity contribution in [2.24, 2.45) is 4.99 Å². The van der Waals surface area contributed by atoms with E-state index in [2.05, 4.69) is 45.0 Å². The lowest BCUT2D eigenvalue weighted by atomic mass is 9.99. The van der Waals surface area contributed by atoms with E-state index >= 15 is 0 Å². The highest BCUT2D eigenvalue weighted by Gasteiger charge is 2.32. The van der Waals surface area contributed by atoms with Crippen LogP contribution < -0.4 is 20.7 Å². The summed E-state index contributed by atoms with van der Waals surface area (Å²) < 4.78 is 24.9. The van der Waals surface area contributed by atoms with Gasteiger partial charge in [0.25, 0.3) is 0 Å². The average molecular weight is 910 g/mol. The number of aromatic nitrogens is 4. The molecule has 3 aromatic carbocycles. The first-order valence-electron chi connectivity index (χ1n) is 20.5. The number of rotatable bonds is 19. The van der Waals surface area contributed by atoms with Gasteiger partial charge < -0.3 is 34.9 Å². The number of halogens is 1. The first kappa shape index (κ1) is 45.4. The van der Waals surface area contributed by atoms with E-state index in [1.165, 1.54) is 4.88 Å². The van der Waals surface area contributed by atoms with E-state index in [0.717, 1.165) is 61.4 Å². The largest absolute Gasteiger partial charge is 0.491 e. The highest BCUT2D eigenvalue weighted by Crippen LogP contribution is 2.40. The summed E-state index contributed by atoms with van der Waals surface area (Å²) in [4.78, 5) is 36.0. The average Bonchev–Trinajstić information content (AvgIpc) is 3.91. The quantitative estimate of drug-likeness (QED) is 0.0679. The Morgan fingerprint density at radius 1 is 0.857 bits per heavy atom. The van der Waals surface area contributed by atoms with Crippen molar-refractivity contribution in [3.63, 3.8) is 0 Å². The molecule has 2 amide bonds. The number of ether oxygens (including phenoxy) is 4. The maximum Gasteiger partial charge on any atom is 0.228 e. The molecule has 0 saturated heterocycles. The van der Waals surface area contributed by atoms with Crippen LogP contribution in [-0.4, -0.2) is 90.1 Å². The summed E-state index contributed by atoms with van der Waals surface area (Å²) in [5.41, 5.74) is 8.43. The van der Waals surface area contributed by atoms with E-state index in [1.54, 1.807) is 29.7 Å². The van der Waals surface area contributed by atoms with Gasteiger partial charge in [-0.3, -0.25) is 19.1 Å². The molecule has 328 valence electrons. The van der Waals surface area contributed by atoms with E-state index in [-0.39, 0.29) is 31.7 Å². The molecule has 0 aliphatic carbocycles. The number of thiophene rings is 1. The number of aryl methyl sites for hydroxylation is 2. The van der Waals surface area contributed by atoms with Crippen LogP contribution in [0.1, 0.15) is 51.2 Å². The molecule has 63 heavy (non-hydrogen) atoms. The van der Waals surface area contributed by atoms with Gasteiger partial charge >= 0.3 is 0 Å². The van der Waals surface area contributed by atoms with E-state index < -0.39 is 6.04 Å². The van der Waals surface area contributed by atoms with Gasteiger partial charge in [0.15, 0.2) is 5.82 Å². The number of carbonyl (C=O) groups is 2. The normalized spacial score (nSPS) is 13.8. The monoisotopic (exact) mass is 908 g/mol. The van der Waals surface area contributed by atoms with Crippen molar-refractivity contribution in [1.29, 1.82) is 0 Å². The smallest absolute Gasteiger partial charge is 0.228 e. The predicted molar refractivity (Wildman–Crippen MR) is 252 cm³/mol. The minimum Gasteiger partial charge on any atom is -0.491 e. The lowest BCUT2D eigenvalue weighted by Gasteiger charge is -2.13. The fraction of sp³-hybridized carbons (Fsp3) is 0.304. The fourth-order valence-electron chi connectivity index (χ4n) is 7.27. The molecule has 8 rings (SSSR count). The van der Waals surface area contributed by atoms with Crippen molar-refractivity contribution >= 4 is 71.2 Å². The predicted octanol–water partition coefficient (Wildman–Crippen LogP) is 8.04. The molecule has 3 aromatic heterocycles. The third-order valence-corrected chi connectivity index (χ3v) is 11.9. The number of nitrogens with one attached hydrogen (secondary N) is 3. The molecule has 2 aliphatic heterocycles. The van der Waals surface area contributed by atoms with Crippen LogP contribution in [0.3, 0.4) is 0 Å². The lowest BCUT2D eigenvalue weighted by molar-refractivity contribution is -0.117. The first-order valence-corrected chi connectivity index (χ1v) is 21.6. The number of nitrogens with zero attached hydrogens (tertiary/aromatic N) is 5. The number of aliphatic imine (C=N–C) groups is 1. The number of hydrogen-bond acceptors (Lipinski definition) is 12. The van der Waals surface area contributed by atoms with Crippen LogP contribution >= 0.6 is 36.4 Å². The number of benzene rings is 3. The highest BCUT2D eigenvalue weighted by molar-refractivity contribution is 7.59. The Morgan fingerprint density at radius 3 is 2.32 bits per heavy atom. The summed E-state index contributed by atoms with van der Waals surface area (Å²) in [6, 6.07) is 24.2. The van der Waals surface area contributed by atoms with Crippen molar-refractivity contribution in [1.82, 2.24) is 19.7 Å². The van der Waals surface area contributed by atoms with Crippen LogP contribution in [-0.2, 0) is 30.2 Å². The van der Waals surface area contributed by atoms with Gasteiger partial charge in [-0.2, -0.15) is 13.5 Å². The topological polar surface area (TPSA) is 163 Å². The third-order valence-electron chi connectivity index (χ3n) is 10.5. The zero-order chi connectivity index (χ0) is 43.0. The second-order valence-electron chi connectivity index (χ2n) is 14.8. The summed E-state index contributed by atoms with van der Waals surface area (Å²) in [5.74, 6) is 2.60. The number of anilines is 3. The Kier molecular flexibility index (Phi) is 15.3. The summed E-state index contributed by atoms with van der Waals surface area (Å²) in [5, 5.41) is 19.7. The molecule has 6 aromatic rings. The van der Waals surface area contributed by atoms with Gasteiger partial charge in [0.1, 0.15) is 35.0 Å². The molecule has 2 aliphatic rings. The zero-order valence-corrected chi connectivity index (χ0v) is 37.8. The summed E-state index contributed by atoms with van der Waals surface area (Å²) in [6.45, 7) is 9.79. The van der Waals surface area contributed by atoms with Gasteiger partial charge in [-0.05, 0) is 97.6 Å². The van der Waals surface area contributed by atoms with E-state index in [9.17, 15) is 9.59 Å². The molecule has 5 heterocycles. The van der Waals surface area contributed by atoms with Gasteiger partial charge in [0.05, 0.1) is 58.2 Å². The second-order valence-corrected chi connectivity index (χ2v) is 16.5. The summed E-state index contributed by atoms with van der Waals surface area (Å²) >= 11 is 7.91. The molecule has 0 bridgehead atoms. The van der Waals surface area contributed by atoms with E-state index in [0.29, 0.717) is 81.5 Å². The van der Waals surface area contributed by atoms with E-state index in [4.69, 9.17) is 35.5 Å². The molecule has 1 atom stereocenters. The minimum atomic E-state index is -0.569. The van der Waals surface area contributed by atoms with Gasteiger partial charge in [-0.15, -0.1) is 21.5 Å². The van der Waals surface area contributed by atoms with Crippen LogP contribution in [0.2, 0.25) is 5.02 Å². The van der Waals surface area contributed by atoms with Crippen molar-refractivity contribution in [2.45, 2.75) is 39.7 Å². The first-order chi connectivity index (χ1) is 30.2. The summed E-state index contributed by atoms with van der Waals surface area (Å²) in [7, 11) is 0. The van der Waals surface area contributed by atoms with Crippen molar-refractivity contribution < 1.29 is 28.5 Å². The molecule has 0 radical (unpaired) electrons. The maximum absolute atomic E-state index is 13.5.